The third-order valence-electron chi connectivity index (χ3n) is 4.00. The summed E-state index contributed by atoms with van der Waals surface area (Å²) in [6.07, 6.45) is 2.55. The third kappa shape index (κ3) is 7.42. The van der Waals surface area contributed by atoms with Gasteiger partial charge in [-0.05, 0) is 18.9 Å². The van der Waals surface area contributed by atoms with Crippen LogP contribution in [0.25, 0.3) is 0 Å². The van der Waals surface area contributed by atoms with Gasteiger partial charge < -0.3 is 20.4 Å². The molecule has 152 valence electrons. The summed E-state index contributed by atoms with van der Waals surface area (Å²) in [6, 6.07) is 10.1. The molecule has 2 rings (SSSR count). The number of benzene rings is 1. The number of aromatic nitrogens is 1. The van der Waals surface area contributed by atoms with Gasteiger partial charge in [0.15, 0.2) is 5.96 Å². The van der Waals surface area contributed by atoms with Gasteiger partial charge in [0, 0.05) is 18.5 Å². The van der Waals surface area contributed by atoms with Crippen LogP contribution in [-0.2, 0) is 23.2 Å². The van der Waals surface area contributed by atoms with E-state index in [4.69, 9.17) is 4.42 Å². The molecule has 0 atom stereocenters. The molecule has 0 aliphatic heterocycles. The van der Waals surface area contributed by atoms with Crippen LogP contribution in [0.2, 0.25) is 0 Å². The fraction of sp³-hybridized carbons (Fsp3) is 0.476. The van der Waals surface area contributed by atoms with Gasteiger partial charge in [0.1, 0.15) is 12.3 Å². The van der Waals surface area contributed by atoms with Crippen molar-refractivity contribution in [1.29, 1.82) is 0 Å². The van der Waals surface area contributed by atoms with Crippen LogP contribution < -0.4 is 16.0 Å². The average Bonchev–Trinajstić information content (AvgIpc) is 3.14. The van der Waals surface area contributed by atoms with Gasteiger partial charge in [0.2, 0.25) is 11.8 Å². The van der Waals surface area contributed by atoms with Crippen molar-refractivity contribution in [3.05, 3.63) is 53.7 Å². The van der Waals surface area contributed by atoms with Crippen LogP contribution >= 0.6 is 0 Å². The summed E-state index contributed by atoms with van der Waals surface area (Å²) >= 11 is 0. The van der Waals surface area contributed by atoms with E-state index in [1.807, 2.05) is 37.3 Å². The molecule has 1 aromatic heterocycles. The fourth-order valence-electron chi connectivity index (χ4n) is 2.44. The molecule has 7 heteroatoms. The fourth-order valence-corrected chi connectivity index (χ4v) is 2.44. The highest BCUT2D eigenvalue weighted by Crippen LogP contribution is 2.22. The van der Waals surface area contributed by atoms with E-state index in [0.29, 0.717) is 31.5 Å². The van der Waals surface area contributed by atoms with Crippen LogP contribution in [0, 0.1) is 0 Å². The summed E-state index contributed by atoms with van der Waals surface area (Å²) in [4.78, 5) is 20.6. The number of guanidine groups is 1. The quantitative estimate of drug-likeness (QED) is 0.479. The first-order valence-electron chi connectivity index (χ1n) is 9.66. The summed E-state index contributed by atoms with van der Waals surface area (Å²) in [6.45, 7) is 9.95. The Morgan fingerprint density at radius 1 is 1.14 bits per heavy atom. The van der Waals surface area contributed by atoms with Gasteiger partial charge in [0.05, 0.1) is 12.7 Å². The molecule has 0 radical (unpaired) electrons. The molecule has 0 bridgehead atoms. The standard InChI is InChI=1S/C21H31N5O2/c1-5-22-20(26-15-19-24-13-17(28-19)21(2,3)4)25-14-18(27)23-12-11-16-9-7-6-8-10-16/h6-10,13H,5,11-12,14-15H2,1-4H3,(H,23,27)(H2,22,25,26). The lowest BCUT2D eigenvalue weighted by molar-refractivity contribution is -0.119. The predicted molar refractivity (Wildman–Crippen MR) is 111 cm³/mol. The molecule has 1 aromatic carbocycles. The van der Waals surface area contributed by atoms with Gasteiger partial charge >= 0.3 is 0 Å². The molecule has 0 spiro atoms. The molecule has 2 aromatic rings. The minimum absolute atomic E-state index is 0.0585. The monoisotopic (exact) mass is 385 g/mol. The molecule has 0 saturated heterocycles. The second-order valence-electron chi connectivity index (χ2n) is 7.50. The Morgan fingerprint density at radius 2 is 1.89 bits per heavy atom. The van der Waals surface area contributed by atoms with Crippen LogP contribution in [0.5, 0.6) is 0 Å². The van der Waals surface area contributed by atoms with Crippen molar-refractivity contribution >= 4 is 11.9 Å². The zero-order valence-corrected chi connectivity index (χ0v) is 17.2. The van der Waals surface area contributed by atoms with E-state index in [0.717, 1.165) is 12.2 Å². The molecule has 3 N–H and O–H groups in total. The van der Waals surface area contributed by atoms with E-state index >= 15 is 0 Å². The highest BCUT2D eigenvalue weighted by atomic mass is 16.4. The largest absolute Gasteiger partial charge is 0.443 e. The summed E-state index contributed by atoms with van der Waals surface area (Å²) in [5.74, 6) is 1.86. The molecule has 0 fully saturated rings. The van der Waals surface area contributed by atoms with Crippen LogP contribution in [0.15, 0.2) is 45.9 Å². The topological polar surface area (TPSA) is 91.5 Å². The van der Waals surface area contributed by atoms with Crippen LogP contribution in [0.4, 0.5) is 0 Å². The van der Waals surface area contributed by atoms with Crippen molar-refractivity contribution in [2.75, 3.05) is 19.6 Å². The van der Waals surface area contributed by atoms with Crippen molar-refractivity contribution in [3.63, 3.8) is 0 Å². The Labute approximate surface area is 167 Å². The zero-order valence-electron chi connectivity index (χ0n) is 17.2. The Balaban J connectivity index is 1.79. The molecule has 1 heterocycles. The number of nitrogens with zero attached hydrogens (tertiary/aromatic N) is 2. The number of hydrogen-bond acceptors (Lipinski definition) is 4. The van der Waals surface area contributed by atoms with E-state index in [2.05, 4.69) is 46.7 Å². The minimum atomic E-state index is -0.112. The number of oxazole rings is 1. The lowest BCUT2D eigenvalue weighted by Crippen LogP contribution is -2.38. The van der Waals surface area contributed by atoms with E-state index in [1.54, 1.807) is 6.20 Å². The number of carbonyl (C=O) groups is 1. The maximum Gasteiger partial charge on any atom is 0.241 e. The van der Waals surface area contributed by atoms with Gasteiger partial charge in [-0.15, -0.1) is 0 Å². The van der Waals surface area contributed by atoms with Crippen LogP contribution in [-0.4, -0.2) is 36.5 Å². The number of hydrogen-bond donors (Lipinski definition) is 3. The Morgan fingerprint density at radius 3 is 2.54 bits per heavy atom. The van der Waals surface area contributed by atoms with Gasteiger partial charge in [-0.3, -0.25) is 4.79 Å². The van der Waals surface area contributed by atoms with E-state index in [1.165, 1.54) is 5.56 Å². The minimum Gasteiger partial charge on any atom is -0.443 e. The summed E-state index contributed by atoms with van der Waals surface area (Å²) in [5.41, 5.74) is 1.11. The van der Waals surface area contributed by atoms with Gasteiger partial charge in [0.25, 0.3) is 0 Å². The number of aliphatic imine (C=N–C) groups is 1. The highest BCUT2D eigenvalue weighted by molar-refractivity contribution is 5.84. The number of carbonyl (C=O) groups excluding carboxylic acids is 1. The highest BCUT2D eigenvalue weighted by Gasteiger charge is 2.19. The first kappa shape index (κ1) is 21.5. The normalized spacial score (nSPS) is 11.9. The molecule has 7 nitrogen and oxygen atoms in total. The number of rotatable bonds is 8. The summed E-state index contributed by atoms with van der Waals surface area (Å²) < 4.78 is 5.76. The Bertz CT molecular complexity index is 763. The molecule has 1 amide bonds. The second kappa shape index (κ2) is 10.5. The first-order valence-corrected chi connectivity index (χ1v) is 9.66. The molecule has 0 aliphatic rings. The maximum atomic E-state index is 12.0. The first-order chi connectivity index (χ1) is 13.4. The van der Waals surface area contributed by atoms with Crippen molar-refractivity contribution < 1.29 is 9.21 Å². The average molecular weight is 386 g/mol. The molecular formula is C21H31N5O2. The number of nitrogens with one attached hydrogen (secondary N) is 3. The molecule has 28 heavy (non-hydrogen) atoms. The van der Waals surface area contributed by atoms with Crippen molar-refractivity contribution in [2.24, 2.45) is 4.99 Å². The van der Waals surface area contributed by atoms with E-state index < -0.39 is 0 Å². The predicted octanol–water partition coefficient (Wildman–Crippen LogP) is 2.39. The smallest absolute Gasteiger partial charge is 0.241 e. The summed E-state index contributed by atoms with van der Waals surface area (Å²) in [7, 11) is 0. The van der Waals surface area contributed by atoms with Crippen LogP contribution in [0.1, 0.15) is 44.9 Å². The molecule has 0 aliphatic carbocycles. The SMILES string of the molecule is CCNC(=NCC(=O)NCCc1ccccc1)NCc1ncc(C(C)(C)C)o1. The van der Waals surface area contributed by atoms with Crippen molar-refractivity contribution in [1.82, 2.24) is 20.9 Å². The Hall–Kier alpha value is -2.83. The van der Waals surface area contributed by atoms with Crippen molar-refractivity contribution in [2.45, 2.75) is 46.1 Å². The third-order valence-corrected chi connectivity index (χ3v) is 4.00. The van der Waals surface area contributed by atoms with Gasteiger partial charge in [-0.1, -0.05) is 51.1 Å². The molecular weight excluding hydrogens is 354 g/mol. The van der Waals surface area contributed by atoms with Crippen LogP contribution in [0.3, 0.4) is 0 Å². The zero-order chi connectivity index (χ0) is 20.4. The lowest BCUT2D eigenvalue weighted by Gasteiger charge is -2.13. The van der Waals surface area contributed by atoms with E-state index in [9.17, 15) is 4.79 Å². The molecule has 0 unspecified atom stereocenters. The maximum absolute atomic E-state index is 12.0. The second-order valence-corrected chi connectivity index (χ2v) is 7.50. The van der Waals surface area contributed by atoms with Gasteiger partial charge in [-0.25, -0.2) is 9.98 Å². The Kier molecular flexibility index (Phi) is 8.04. The molecule has 0 saturated carbocycles. The number of amides is 1. The lowest BCUT2D eigenvalue weighted by atomic mass is 9.94. The van der Waals surface area contributed by atoms with Crippen molar-refractivity contribution in [3.8, 4) is 0 Å². The summed E-state index contributed by atoms with van der Waals surface area (Å²) in [5, 5.41) is 9.15. The van der Waals surface area contributed by atoms with E-state index in [-0.39, 0.29) is 17.9 Å². The van der Waals surface area contributed by atoms with Gasteiger partial charge in [-0.2, -0.15) is 0 Å².